The molecule has 3 rings (SSSR count). The lowest BCUT2D eigenvalue weighted by molar-refractivity contribution is -0.00554. The van der Waals surface area contributed by atoms with Crippen LogP contribution in [0.5, 0.6) is 0 Å². The van der Waals surface area contributed by atoms with Gasteiger partial charge in [-0.2, -0.15) is 4.39 Å². The third kappa shape index (κ3) is 4.01. The highest BCUT2D eigenvalue weighted by molar-refractivity contribution is 5.83. The lowest BCUT2D eigenvalue weighted by Gasteiger charge is -2.36. The van der Waals surface area contributed by atoms with Crippen LogP contribution < -0.4 is 4.90 Å². The van der Waals surface area contributed by atoms with E-state index in [4.69, 9.17) is 4.74 Å². The molecule has 0 aliphatic carbocycles. The van der Waals surface area contributed by atoms with Crippen LogP contribution in [0, 0.1) is 17.8 Å². The van der Waals surface area contributed by atoms with Crippen molar-refractivity contribution in [3.05, 3.63) is 53.2 Å². The highest BCUT2D eigenvalue weighted by Gasteiger charge is 2.25. The molecule has 0 amide bonds. The molecule has 0 N–H and O–H groups in total. The number of morpholine rings is 1. The minimum atomic E-state index is -0.698. The summed E-state index contributed by atoms with van der Waals surface area (Å²) in [6, 6.07) is 6.73. The van der Waals surface area contributed by atoms with Gasteiger partial charge in [-0.3, -0.25) is 4.79 Å². The van der Waals surface area contributed by atoms with Gasteiger partial charge in [-0.25, -0.2) is 9.97 Å². The summed E-state index contributed by atoms with van der Waals surface area (Å²) >= 11 is 0. The van der Waals surface area contributed by atoms with E-state index in [9.17, 15) is 9.18 Å². The first kappa shape index (κ1) is 17.1. The predicted octanol–water partition coefficient (Wildman–Crippen LogP) is 2.44. The summed E-state index contributed by atoms with van der Waals surface area (Å²) in [6.07, 6.45) is 2.26. The Morgan fingerprint density at radius 3 is 2.68 bits per heavy atom. The summed E-state index contributed by atoms with van der Waals surface area (Å²) in [6.45, 7) is 4.98. The normalized spacial score (nSPS) is 19.9. The molecule has 5 nitrogen and oxygen atoms in total. The highest BCUT2D eigenvalue weighted by Crippen LogP contribution is 2.23. The number of hydrogen-bond acceptors (Lipinski definition) is 5. The molecule has 2 aromatic rings. The molecular formula is C19H18FN3O2. The Labute approximate surface area is 145 Å². The molecular weight excluding hydrogens is 321 g/mol. The monoisotopic (exact) mass is 339 g/mol. The molecule has 0 aromatic carbocycles. The van der Waals surface area contributed by atoms with Crippen LogP contribution in [-0.2, 0) is 4.74 Å². The minimum Gasteiger partial charge on any atom is -0.372 e. The molecule has 3 heterocycles. The van der Waals surface area contributed by atoms with Gasteiger partial charge in [0.25, 0.3) is 0 Å². The van der Waals surface area contributed by atoms with E-state index < -0.39 is 5.95 Å². The van der Waals surface area contributed by atoms with E-state index in [0.29, 0.717) is 36.5 Å². The molecule has 0 spiro atoms. The molecule has 2 unspecified atom stereocenters. The number of carbonyl (C=O) groups is 1. The van der Waals surface area contributed by atoms with Crippen LogP contribution >= 0.6 is 0 Å². The molecule has 1 aliphatic heterocycles. The van der Waals surface area contributed by atoms with Crippen LogP contribution in [0.1, 0.15) is 35.5 Å². The third-order valence-electron chi connectivity index (χ3n) is 3.82. The Morgan fingerprint density at radius 1 is 1.28 bits per heavy atom. The van der Waals surface area contributed by atoms with Crippen molar-refractivity contribution >= 4 is 12.1 Å². The average molecular weight is 339 g/mol. The first-order valence-electron chi connectivity index (χ1n) is 8.06. The Balaban J connectivity index is 1.94. The van der Waals surface area contributed by atoms with E-state index in [1.54, 1.807) is 24.4 Å². The SMILES string of the molecule is CC1CN(c2nc(F)c(C#Cc3ccccn3)cc2C=O)CC(C)O1. The van der Waals surface area contributed by atoms with E-state index >= 15 is 0 Å². The van der Waals surface area contributed by atoms with E-state index in [1.165, 1.54) is 6.07 Å². The molecule has 6 heteroatoms. The lowest BCUT2D eigenvalue weighted by Crippen LogP contribution is -2.46. The Morgan fingerprint density at radius 2 is 2.04 bits per heavy atom. The van der Waals surface area contributed by atoms with Crippen LogP contribution in [0.4, 0.5) is 10.2 Å². The number of nitrogens with zero attached hydrogens (tertiary/aromatic N) is 3. The Kier molecular flexibility index (Phi) is 5.05. The van der Waals surface area contributed by atoms with Gasteiger partial charge in [-0.05, 0) is 38.0 Å². The van der Waals surface area contributed by atoms with E-state index in [2.05, 4.69) is 21.8 Å². The maximum Gasteiger partial charge on any atom is 0.230 e. The number of aldehydes is 1. The average Bonchev–Trinajstić information content (AvgIpc) is 2.60. The van der Waals surface area contributed by atoms with Crippen LogP contribution in [-0.4, -0.2) is 41.6 Å². The molecule has 0 radical (unpaired) electrons. The molecule has 1 fully saturated rings. The topological polar surface area (TPSA) is 55.3 Å². The summed E-state index contributed by atoms with van der Waals surface area (Å²) in [5, 5.41) is 0. The highest BCUT2D eigenvalue weighted by atomic mass is 19.1. The van der Waals surface area contributed by atoms with E-state index in [-0.39, 0.29) is 17.8 Å². The number of hydrogen-bond donors (Lipinski definition) is 0. The van der Waals surface area contributed by atoms with Crippen molar-refractivity contribution in [3.8, 4) is 11.8 Å². The fourth-order valence-electron chi connectivity index (χ4n) is 2.84. The van der Waals surface area contributed by atoms with Gasteiger partial charge >= 0.3 is 0 Å². The second-order valence-corrected chi connectivity index (χ2v) is 5.98. The van der Waals surface area contributed by atoms with Gasteiger partial charge in [0.05, 0.1) is 23.3 Å². The van der Waals surface area contributed by atoms with Crippen molar-refractivity contribution in [1.29, 1.82) is 0 Å². The number of pyridine rings is 2. The van der Waals surface area contributed by atoms with Crippen molar-refractivity contribution in [2.75, 3.05) is 18.0 Å². The minimum absolute atomic E-state index is 0.0169. The van der Waals surface area contributed by atoms with Crippen molar-refractivity contribution in [2.24, 2.45) is 0 Å². The Bertz CT molecular complexity index is 820. The fraction of sp³-hybridized carbons (Fsp3) is 0.316. The first-order valence-corrected chi connectivity index (χ1v) is 8.06. The molecule has 1 aliphatic rings. The predicted molar refractivity (Wildman–Crippen MR) is 92.0 cm³/mol. The van der Waals surface area contributed by atoms with Gasteiger partial charge < -0.3 is 9.64 Å². The van der Waals surface area contributed by atoms with Gasteiger partial charge in [0, 0.05) is 19.3 Å². The fourth-order valence-corrected chi connectivity index (χ4v) is 2.84. The number of halogens is 1. The zero-order chi connectivity index (χ0) is 17.8. The van der Waals surface area contributed by atoms with Gasteiger partial charge in [0.2, 0.25) is 5.95 Å². The molecule has 2 aromatic heterocycles. The number of aromatic nitrogens is 2. The Hall–Kier alpha value is -2.78. The standard InChI is InChI=1S/C19H18FN3O2/c1-13-10-23(11-14(2)25-13)19-16(12-24)9-15(18(20)22-19)6-7-17-5-3-4-8-21-17/h3-5,8-9,12-14H,10-11H2,1-2H3. The van der Waals surface area contributed by atoms with Crippen molar-refractivity contribution in [1.82, 2.24) is 9.97 Å². The van der Waals surface area contributed by atoms with E-state index in [1.807, 2.05) is 18.7 Å². The van der Waals surface area contributed by atoms with Crippen LogP contribution in [0.3, 0.4) is 0 Å². The zero-order valence-electron chi connectivity index (χ0n) is 14.1. The number of anilines is 1. The first-order chi connectivity index (χ1) is 12.1. The van der Waals surface area contributed by atoms with Crippen molar-refractivity contribution in [2.45, 2.75) is 26.1 Å². The summed E-state index contributed by atoms with van der Waals surface area (Å²) in [5.41, 5.74) is 0.910. The van der Waals surface area contributed by atoms with E-state index in [0.717, 1.165) is 0 Å². The maximum atomic E-state index is 14.4. The quantitative estimate of drug-likeness (QED) is 0.478. The summed E-state index contributed by atoms with van der Waals surface area (Å²) in [5.74, 6) is 5.11. The van der Waals surface area contributed by atoms with Crippen molar-refractivity contribution < 1.29 is 13.9 Å². The van der Waals surface area contributed by atoms with Gasteiger partial charge in [-0.15, -0.1) is 0 Å². The molecule has 0 saturated carbocycles. The summed E-state index contributed by atoms with van der Waals surface area (Å²) in [4.78, 5) is 21.4. The summed E-state index contributed by atoms with van der Waals surface area (Å²) in [7, 11) is 0. The molecule has 25 heavy (non-hydrogen) atoms. The van der Waals surface area contributed by atoms with Gasteiger partial charge in [0.15, 0.2) is 6.29 Å². The molecule has 1 saturated heterocycles. The number of carbonyl (C=O) groups excluding carboxylic acids is 1. The molecule has 128 valence electrons. The number of ether oxygens (including phenoxy) is 1. The second-order valence-electron chi connectivity index (χ2n) is 5.98. The largest absolute Gasteiger partial charge is 0.372 e. The van der Waals surface area contributed by atoms with Crippen LogP contribution in [0.25, 0.3) is 0 Å². The molecule has 2 atom stereocenters. The summed E-state index contributed by atoms with van der Waals surface area (Å²) < 4.78 is 20.1. The van der Waals surface area contributed by atoms with Gasteiger partial charge in [0.1, 0.15) is 11.5 Å². The van der Waals surface area contributed by atoms with Crippen LogP contribution in [0.15, 0.2) is 30.5 Å². The number of rotatable bonds is 2. The smallest absolute Gasteiger partial charge is 0.230 e. The third-order valence-corrected chi connectivity index (χ3v) is 3.82. The maximum absolute atomic E-state index is 14.4. The second kappa shape index (κ2) is 7.41. The zero-order valence-corrected chi connectivity index (χ0v) is 14.1. The lowest BCUT2D eigenvalue weighted by atomic mass is 10.1. The van der Waals surface area contributed by atoms with Crippen LogP contribution in [0.2, 0.25) is 0 Å². The molecule has 0 bridgehead atoms. The van der Waals surface area contributed by atoms with Crippen molar-refractivity contribution in [3.63, 3.8) is 0 Å². The van der Waals surface area contributed by atoms with Gasteiger partial charge in [-0.1, -0.05) is 12.0 Å².